The second kappa shape index (κ2) is 6.28. The number of hydrogen-bond acceptors (Lipinski definition) is 3. The zero-order valence-electron chi connectivity index (χ0n) is 11.5. The first kappa shape index (κ1) is 14.9. The highest BCUT2D eigenvalue weighted by molar-refractivity contribution is 5.92. The Morgan fingerprint density at radius 1 is 1.35 bits per heavy atom. The maximum Gasteiger partial charge on any atom is 0.238 e. The fourth-order valence-corrected chi connectivity index (χ4v) is 2.40. The summed E-state index contributed by atoms with van der Waals surface area (Å²) >= 11 is 0. The van der Waals surface area contributed by atoms with Gasteiger partial charge in [0.15, 0.2) is 0 Å². The van der Waals surface area contributed by atoms with Crippen LogP contribution in [0.3, 0.4) is 0 Å². The van der Waals surface area contributed by atoms with Gasteiger partial charge in [0.05, 0.1) is 24.4 Å². The number of hydrogen-bond donors (Lipinski definition) is 1. The van der Waals surface area contributed by atoms with Crippen molar-refractivity contribution in [1.29, 1.82) is 0 Å². The molecule has 1 fully saturated rings. The van der Waals surface area contributed by atoms with Crippen LogP contribution >= 0.6 is 0 Å². The van der Waals surface area contributed by atoms with E-state index in [9.17, 15) is 13.6 Å². The lowest BCUT2D eigenvalue weighted by Gasteiger charge is -2.34. The van der Waals surface area contributed by atoms with E-state index in [0.717, 1.165) is 12.1 Å². The van der Waals surface area contributed by atoms with Crippen molar-refractivity contribution in [2.75, 3.05) is 25.0 Å². The fraction of sp³-hybridized carbons (Fsp3) is 0.500. The van der Waals surface area contributed by atoms with E-state index in [1.807, 2.05) is 18.7 Å². The number of nitrogens with zero attached hydrogens (tertiary/aromatic N) is 1. The Morgan fingerprint density at radius 3 is 2.60 bits per heavy atom. The van der Waals surface area contributed by atoms with E-state index < -0.39 is 11.6 Å². The molecular weight excluding hydrogens is 266 g/mol. The minimum atomic E-state index is -0.776. The Balaban J connectivity index is 1.92. The second-order valence-electron chi connectivity index (χ2n) is 5.12. The van der Waals surface area contributed by atoms with Crippen LogP contribution in [-0.4, -0.2) is 42.6 Å². The van der Waals surface area contributed by atoms with Gasteiger partial charge in [-0.2, -0.15) is 0 Å². The van der Waals surface area contributed by atoms with Gasteiger partial charge < -0.3 is 10.1 Å². The number of anilines is 1. The molecule has 1 amide bonds. The molecule has 1 heterocycles. The number of ether oxygens (including phenoxy) is 1. The summed E-state index contributed by atoms with van der Waals surface area (Å²) in [6.45, 7) is 5.36. The molecule has 0 spiro atoms. The quantitative estimate of drug-likeness (QED) is 0.923. The van der Waals surface area contributed by atoms with Gasteiger partial charge in [0, 0.05) is 19.2 Å². The van der Waals surface area contributed by atoms with Crippen molar-refractivity contribution in [3.05, 3.63) is 29.8 Å². The predicted molar refractivity (Wildman–Crippen MR) is 71.4 cm³/mol. The lowest BCUT2D eigenvalue weighted by molar-refractivity contribution is -0.121. The lowest BCUT2D eigenvalue weighted by Crippen LogP contribution is -2.48. The third-order valence-corrected chi connectivity index (χ3v) is 3.07. The van der Waals surface area contributed by atoms with Crippen molar-refractivity contribution in [1.82, 2.24) is 4.90 Å². The number of carbonyl (C=O) groups is 1. The van der Waals surface area contributed by atoms with Crippen molar-refractivity contribution in [3.63, 3.8) is 0 Å². The summed E-state index contributed by atoms with van der Waals surface area (Å²) in [5, 5.41) is 2.45. The van der Waals surface area contributed by atoms with Crippen molar-refractivity contribution in [2.24, 2.45) is 0 Å². The molecule has 6 heteroatoms. The molecule has 20 heavy (non-hydrogen) atoms. The minimum absolute atomic E-state index is 0.00856. The standard InChI is InChI=1S/C14H18F2N2O2/c1-9-6-18(7-10(2)20-9)8-14(19)17-13-4-3-11(15)5-12(13)16/h3-5,9-10H,6-8H2,1-2H3,(H,17,19)/t9-,10-/m0/s1. The highest BCUT2D eigenvalue weighted by Crippen LogP contribution is 2.15. The molecule has 2 atom stereocenters. The Kier molecular flexibility index (Phi) is 4.67. The summed E-state index contributed by atoms with van der Waals surface area (Å²) in [6, 6.07) is 3.07. The number of carbonyl (C=O) groups excluding carboxylic acids is 1. The van der Waals surface area contributed by atoms with E-state index in [1.165, 1.54) is 6.07 Å². The first-order valence-corrected chi connectivity index (χ1v) is 6.56. The van der Waals surface area contributed by atoms with E-state index in [-0.39, 0.29) is 30.3 Å². The Bertz CT molecular complexity index is 486. The smallest absolute Gasteiger partial charge is 0.238 e. The summed E-state index contributed by atoms with van der Waals surface area (Å²) in [5.74, 6) is -1.77. The molecule has 0 saturated carbocycles. The normalized spacial score (nSPS) is 23.6. The molecule has 1 saturated heterocycles. The maximum atomic E-state index is 13.4. The molecule has 0 bridgehead atoms. The van der Waals surface area contributed by atoms with Crippen LogP contribution in [0.25, 0.3) is 0 Å². The average Bonchev–Trinajstić information content (AvgIpc) is 2.31. The van der Waals surface area contributed by atoms with Gasteiger partial charge in [-0.05, 0) is 26.0 Å². The third kappa shape index (κ3) is 3.98. The first-order chi connectivity index (χ1) is 9.44. The number of benzene rings is 1. The average molecular weight is 284 g/mol. The van der Waals surface area contributed by atoms with Crippen molar-refractivity contribution in [3.8, 4) is 0 Å². The molecule has 110 valence electrons. The van der Waals surface area contributed by atoms with Crippen LogP contribution in [0.4, 0.5) is 14.5 Å². The second-order valence-corrected chi connectivity index (χ2v) is 5.12. The molecule has 1 aliphatic rings. The molecule has 0 aliphatic carbocycles. The zero-order chi connectivity index (χ0) is 14.7. The predicted octanol–water partition coefficient (Wildman–Crippen LogP) is 2.01. The Morgan fingerprint density at radius 2 is 2.00 bits per heavy atom. The summed E-state index contributed by atoms with van der Waals surface area (Å²) < 4.78 is 31.8. The summed E-state index contributed by atoms with van der Waals surface area (Å²) in [5.41, 5.74) is -0.00856. The van der Waals surface area contributed by atoms with Gasteiger partial charge in [-0.15, -0.1) is 0 Å². The van der Waals surface area contributed by atoms with Crippen LogP contribution < -0.4 is 5.32 Å². The minimum Gasteiger partial charge on any atom is -0.373 e. The van der Waals surface area contributed by atoms with Gasteiger partial charge in [-0.25, -0.2) is 8.78 Å². The number of morpholine rings is 1. The molecule has 1 aromatic carbocycles. The van der Waals surface area contributed by atoms with E-state index in [0.29, 0.717) is 13.1 Å². The molecule has 0 aromatic heterocycles. The monoisotopic (exact) mass is 284 g/mol. The Hall–Kier alpha value is -1.53. The topological polar surface area (TPSA) is 41.6 Å². The molecule has 2 rings (SSSR count). The molecule has 1 aromatic rings. The van der Waals surface area contributed by atoms with Gasteiger partial charge in [0.2, 0.25) is 5.91 Å². The largest absolute Gasteiger partial charge is 0.373 e. The SMILES string of the molecule is C[C@H]1CN(CC(=O)Nc2ccc(F)cc2F)C[C@H](C)O1. The molecule has 1 aliphatic heterocycles. The van der Waals surface area contributed by atoms with Gasteiger partial charge in [0.1, 0.15) is 11.6 Å². The van der Waals surface area contributed by atoms with Gasteiger partial charge in [0.25, 0.3) is 0 Å². The molecule has 4 nitrogen and oxygen atoms in total. The molecule has 0 radical (unpaired) electrons. The Labute approximate surface area is 116 Å². The summed E-state index contributed by atoms with van der Waals surface area (Å²) in [6.07, 6.45) is 0.128. The van der Waals surface area contributed by atoms with Crippen LogP contribution in [0.15, 0.2) is 18.2 Å². The van der Waals surface area contributed by atoms with E-state index in [2.05, 4.69) is 5.32 Å². The number of rotatable bonds is 3. The molecular formula is C14H18F2N2O2. The van der Waals surface area contributed by atoms with Crippen molar-refractivity contribution in [2.45, 2.75) is 26.1 Å². The highest BCUT2D eigenvalue weighted by atomic mass is 19.1. The van der Waals surface area contributed by atoms with Gasteiger partial charge in [-0.1, -0.05) is 0 Å². The number of halogens is 2. The molecule has 1 N–H and O–H groups in total. The van der Waals surface area contributed by atoms with Crippen LogP contribution in [-0.2, 0) is 9.53 Å². The van der Waals surface area contributed by atoms with Gasteiger partial charge >= 0.3 is 0 Å². The first-order valence-electron chi connectivity index (χ1n) is 6.56. The van der Waals surface area contributed by atoms with Crippen molar-refractivity contribution >= 4 is 11.6 Å². The van der Waals surface area contributed by atoms with Crippen LogP contribution in [0.1, 0.15) is 13.8 Å². The number of nitrogens with one attached hydrogen (secondary N) is 1. The van der Waals surface area contributed by atoms with Crippen molar-refractivity contribution < 1.29 is 18.3 Å². The number of amides is 1. The van der Waals surface area contributed by atoms with E-state index >= 15 is 0 Å². The van der Waals surface area contributed by atoms with E-state index in [1.54, 1.807) is 0 Å². The van der Waals surface area contributed by atoms with Crippen LogP contribution in [0.2, 0.25) is 0 Å². The summed E-state index contributed by atoms with van der Waals surface area (Å²) in [7, 11) is 0. The van der Waals surface area contributed by atoms with Crippen LogP contribution in [0, 0.1) is 11.6 Å². The third-order valence-electron chi connectivity index (χ3n) is 3.07. The maximum absolute atomic E-state index is 13.4. The van der Waals surface area contributed by atoms with Gasteiger partial charge in [-0.3, -0.25) is 9.69 Å². The zero-order valence-corrected chi connectivity index (χ0v) is 11.5. The van der Waals surface area contributed by atoms with Crippen LogP contribution in [0.5, 0.6) is 0 Å². The molecule has 0 unspecified atom stereocenters. The van der Waals surface area contributed by atoms with E-state index in [4.69, 9.17) is 4.74 Å². The summed E-state index contributed by atoms with van der Waals surface area (Å²) in [4.78, 5) is 13.8. The highest BCUT2D eigenvalue weighted by Gasteiger charge is 2.23. The fourth-order valence-electron chi connectivity index (χ4n) is 2.40. The lowest BCUT2D eigenvalue weighted by atomic mass is 10.2.